The molecule has 1 rings (SSSR count). The van der Waals surface area contributed by atoms with E-state index in [1.165, 1.54) is 0 Å². The highest BCUT2D eigenvalue weighted by molar-refractivity contribution is 7.92. The van der Waals surface area contributed by atoms with Crippen molar-refractivity contribution in [3.05, 3.63) is 0 Å². The summed E-state index contributed by atoms with van der Waals surface area (Å²) in [5.74, 6) is -4.12. The van der Waals surface area contributed by atoms with Crippen LogP contribution < -0.4 is 0 Å². The molecular formula is C13H20F3NO5S. The molecule has 1 saturated heterocycles. The van der Waals surface area contributed by atoms with Crippen molar-refractivity contribution in [1.82, 2.24) is 4.90 Å². The van der Waals surface area contributed by atoms with Gasteiger partial charge in [0, 0.05) is 13.1 Å². The van der Waals surface area contributed by atoms with Crippen molar-refractivity contribution in [2.24, 2.45) is 5.41 Å². The molecule has 0 aromatic heterocycles. The maximum absolute atomic E-state index is 13.0. The maximum atomic E-state index is 13.0. The first-order chi connectivity index (χ1) is 10.5. The standard InChI is InChI=1S/C13H20F3NO5S/c1-2-3-4-7-23(21,22)8-10(18)17-6-5-12(9-17,11(19)20)13(14,15)16/h2-9H2,1H3,(H,19,20). The van der Waals surface area contributed by atoms with Crippen molar-refractivity contribution in [3.8, 4) is 0 Å². The summed E-state index contributed by atoms with van der Waals surface area (Å²) in [6, 6.07) is 0. The van der Waals surface area contributed by atoms with Gasteiger partial charge < -0.3 is 10.0 Å². The quantitative estimate of drug-likeness (QED) is 0.695. The van der Waals surface area contributed by atoms with E-state index in [-0.39, 0.29) is 5.75 Å². The number of hydrogen-bond donors (Lipinski definition) is 1. The molecular weight excluding hydrogens is 339 g/mol. The molecule has 1 aliphatic heterocycles. The topological polar surface area (TPSA) is 91.8 Å². The molecule has 23 heavy (non-hydrogen) atoms. The van der Waals surface area contributed by atoms with Crippen LogP contribution >= 0.6 is 0 Å². The van der Waals surface area contributed by atoms with Crippen molar-refractivity contribution in [2.75, 3.05) is 24.6 Å². The molecule has 0 radical (unpaired) electrons. The number of sulfone groups is 1. The van der Waals surface area contributed by atoms with Gasteiger partial charge in [-0.25, -0.2) is 8.42 Å². The zero-order valence-electron chi connectivity index (χ0n) is 12.7. The molecule has 1 amide bonds. The number of aliphatic carboxylic acids is 1. The minimum atomic E-state index is -5.01. The van der Waals surface area contributed by atoms with Gasteiger partial charge in [0.25, 0.3) is 0 Å². The molecule has 1 N–H and O–H groups in total. The van der Waals surface area contributed by atoms with Crippen LogP contribution in [0, 0.1) is 5.41 Å². The van der Waals surface area contributed by atoms with Crippen molar-refractivity contribution >= 4 is 21.7 Å². The SMILES string of the molecule is CCCCCS(=O)(=O)CC(=O)N1CCC(C(=O)O)(C(F)(F)F)C1. The fourth-order valence-electron chi connectivity index (χ4n) is 2.47. The van der Waals surface area contributed by atoms with Crippen LogP contribution in [0.2, 0.25) is 0 Å². The summed E-state index contributed by atoms with van der Waals surface area (Å²) in [5, 5.41) is 8.90. The monoisotopic (exact) mass is 359 g/mol. The number of amides is 1. The minimum absolute atomic E-state index is 0.205. The number of rotatable bonds is 7. The Labute approximate surface area is 132 Å². The minimum Gasteiger partial charge on any atom is -0.481 e. The first-order valence-corrected chi connectivity index (χ1v) is 9.05. The van der Waals surface area contributed by atoms with E-state index < -0.39 is 58.6 Å². The lowest BCUT2D eigenvalue weighted by Gasteiger charge is -2.27. The van der Waals surface area contributed by atoms with Crippen LogP contribution in [-0.2, 0) is 19.4 Å². The van der Waals surface area contributed by atoms with Crippen molar-refractivity contribution in [3.63, 3.8) is 0 Å². The number of carbonyl (C=O) groups excluding carboxylic acids is 1. The Morgan fingerprint density at radius 3 is 2.30 bits per heavy atom. The van der Waals surface area contributed by atoms with E-state index in [0.717, 1.165) is 6.42 Å². The highest BCUT2D eigenvalue weighted by Gasteiger charge is 2.64. The molecule has 1 heterocycles. The van der Waals surface area contributed by atoms with E-state index in [1.54, 1.807) is 0 Å². The van der Waals surface area contributed by atoms with E-state index in [0.29, 0.717) is 17.7 Å². The van der Waals surface area contributed by atoms with E-state index in [4.69, 9.17) is 5.11 Å². The largest absolute Gasteiger partial charge is 0.481 e. The molecule has 1 atom stereocenters. The normalized spacial score (nSPS) is 22.3. The van der Waals surface area contributed by atoms with Gasteiger partial charge in [0.1, 0.15) is 5.75 Å². The number of carbonyl (C=O) groups is 2. The van der Waals surface area contributed by atoms with E-state index in [2.05, 4.69) is 0 Å². The average Bonchev–Trinajstić information content (AvgIpc) is 2.84. The molecule has 10 heteroatoms. The van der Waals surface area contributed by atoms with E-state index in [9.17, 15) is 31.2 Å². The number of carboxylic acids is 1. The van der Waals surface area contributed by atoms with Crippen LogP contribution in [0.4, 0.5) is 13.2 Å². The molecule has 0 aromatic carbocycles. The van der Waals surface area contributed by atoms with Crippen molar-refractivity contribution in [1.29, 1.82) is 0 Å². The van der Waals surface area contributed by atoms with Crippen LogP contribution in [0.25, 0.3) is 0 Å². The number of carboxylic acid groups (broad SMARTS) is 1. The van der Waals surface area contributed by atoms with Crippen LogP contribution in [0.15, 0.2) is 0 Å². The van der Waals surface area contributed by atoms with Gasteiger partial charge in [-0.1, -0.05) is 19.8 Å². The molecule has 1 aliphatic rings. The number of nitrogens with zero attached hydrogens (tertiary/aromatic N) is 1. The molecule has 0 aromatic rings. The molecule has 6 nitrogen and oxygen atoms in total. The third kappa shape index (κ3) is 4.58. The molecule has 1 fully saturated rings. The average molecular weight is 359 g/mol. The van der Waals surface area contributed by atoms with Gasteiger partial charge in [-0.2, -0.15) is 13.2 Å². The number of unbranched alkanes of at least 4 members (excludes halogenated alkanes) is 2. The fraction of sp³-hybridized carbons (Fsp3) is 0.846. The van der Waals surface area contributed by atoms with Gasteiger partial charge in [-0.05, 0) is 12.8 Å². The molecule has 0 spiro atoms. The summed E-state index contributed by atoms with van der Waals surface area (Å²) in [5.41, 5.74) is -3.02. The second-order valence-electron chi connectivity index (χ2n) is 5.75. The van der Waals surface area contributed by atoms with Crippen molar-refractivity contribution < 1.29 is 36.3 Å². The second-order valence-corrected chi connectivity index (χ2v) is 7.93. The zero-order chi connectivity index (χ0) is 17.9. The zero-order valence-corrected chi connectivity index (χ0v) is 13.5. The highest BCUT2D eigenvalue weighted by atomic mass is 32.2. The van der Waals surface area contributed by atoms with Gasteiger partial charge >= 0.3 is 12.1 Å². The number of hydrogen-bond acceptors (Lipinski definition) is 4. The van der Waals surface area contributed by atoms with Crippen LogP contribution in [0.3, 0.4) is 0 Å². The Bertz CT molecular complexity index is 560. The second kappa shape index (κ2) is 7.06. The Morgan fingerprint density at radius 2 is 1.87 bits per heavy atom. The third-order valence-corrected chi connectivity index (χ3v) is 5.57. The molecule has 1 unspecified atom stereocenters. The molecule has 0 bridgehead atoms. The summed E-state index contributed by atoms with van der Waals surface area (Å²) in [7, 11) is -3.70. The third-order valence-electron chi connectivity index (χ3n) is 3.98. The number of halogens is 3. The Balaban J connectivity index is 2.75. The van der Waals surface area contributed by atoms with Crippen LogP contribution in [0.1, 0.15) is 32.6 Å². The van der Waals surface area contributed by atoms with E-state index in [1.807, 2.05) is 6.92 Å². The van der Waals surface area contributed by atoms with E-state index >= 15 is 0 Å². The van der Waals surface area contributed by atoms with Gasteiger partial charge in [0.05, 0.1) is 5.75 Å². The lowest BCUT2D eigenvalue weighted by atomic mass is 9.86. The predicted molar refractivity (Wildman–Crippen MR) is 75.5 cm³/mol. The van der Waals surface area contributed by atoms with Crippen LogP contribution in [0.5, 0.6) is 0 Å². The van der Waals surface area contributed by atoms with Gasteiger partial charge in [-0.3, -0.25) is 9.59 Å². The molecule has 0 saturated carbocycles. The maximum Gasteiger partial charge on any atom is 0.406 e. The number of alkyl halides is 3. The summed E-state index contributed by atoms with van der Waals surface area (Å²) in [4.78, 5) is 23.6. The predicted octanol–water partition coefficient (Wildman–Crippen LogP) is 1.46. The highest BCUT2D eigenvalue weighted by Crippen LogP contribution is 2.45. The Kier molecular flexibility index (Phi) is 6.06. The van der Waals surface area contributed by atoms with Gasteiger partial charge in [0.2, 0.25) is 5.91 Å². The summed E-state index contributed by atoms with van der Waals surface area (Å²) in [6.45, 7) is 0.412. The summed E-state index contributed by atoms with van der Waals surface area (Å²) in [6.07, 6.45) is -3.93. The summed E-state index contributed by atoms with van der Waals surface area (Å²) < 4.78 is 62.6. The molecule has 134 valence electrons. The summed E-state index contributed by atoms with van der Waals surface area (Å²) >= 11 is 0. The Morgan fingerprint density at radius 1 is 1.26 bits per heavy atom. The Hall–Kier alpha value is -1.32. The lowest BCUT2D eigenvalue weighted by molar-refractivity contribution is -0.227. The number of likely N-dealkylation sites (tertiary alicyclic amines) is 1. The first kappa shape index (κ1) is 19.7. The van der Waals surface area contributed by atoms with Crippen LogP contribution in [-0.4, -0.2) is 61.1 Å². The first-order valence-electron chi connectivity index (χ1n) is 7.23. The van der Waals surface area contributed by atoms with Crippen molar-refractivity contribution in [2.45, 2.75) is 38.8 Å². The fourth-order valence-corrected chi connectivity index (χ4v) is 3.82. The molecule has 0 aliphatic carbocycles. The van der Waals surface area contributed by atoms with Gasteiger partial charge in [0.15, 0.2) is 15.3 Å². The lowest BCUT2D eigenvalue weighted by Crippen LogP contribution is -2.48. The van der Waals surface area contributed by atoms with Gasteiger partial charge in [-0.15, -0.1) is 0 Å². The smallest absolute Gasteiger partial charge is 0.406 e.